The third kappa shape index (κ3) is 3.00. The van der Waals surface area contributed by atoms with Crippen LogP contribution in [0.15, 0.2) is 36.8 Å². The highest BCUT2D eigenvalue weighted by molar-refractivity contribution is 5.89. The van der Waals surface area contributed by atoms with E-state index in [2.05, 4.69) is 44.5 Å². The van der Waals surface area contributed by atoms with Crippen molar-refractivity contribution in [3.63, 3.8) is 0 Å². The number of likely N-dealkylation sites (tertiary alicyclic amines) is 1. The second-order valence-electron chi connectivity index (χ2n) is 7.49. The molecule has 1 aliphatic rings. The molecule has 148 valence electrons. The highest BCUT2D eigenvalue weighted by Crippen LogP contribution is 2.28. The predicted molar refractivity (Wildman–Crippen MR) is 112 cm³/mol. The lowest BCUT2D eigenvalue weighted by molar-refractivity contribution is -0.129. The van der Waals surface area contributed by atoms with Crippen molar-refractivity contribution in [3.8, 4) is 11.4 Å². The summed E-state index contributed by atoms with van der Waals surface area (Å²) in [6, 6.07) is 8.47. The summed E-state index contributed by atoms with van der Waals surface area (Å²) in [7, 11) is 1.97. The number of fused-ring (bicyclic) bond motifs is 2. The second-order valence-corrected chi connectivity index (χ2v) is 7.49. The lowest BCUT2D eigenvalue weighted by Crippen LogP contribution is -2.31. The van der Waals surface area contributed by atoms with Crippen LogP contribution in [-0.4, -0.2) is 54.4 Å². The molecular weight excluding hydrogens is 366 g/mol. The van der Waals surface area contributed by atoms with Gasteiger partial charge in [-0.2, -0.15) is 0 Å². The van der Waals surface area contributed by atoms with Gasteiger partial charge in [-0.25, -0.2) is 15.0 Å². The molecule has 8 heteroatoms. The Balaban J connectivity index is 1.48. The van der Waals surface area contributed by atoms with Gasteiger partial charge in [0.1, 0.15) is 12.2 Å². The SMILES string of the molecule is CCC(=O)N1CCC(Nc2ncnc3c2nc(-c2ccc4[nH]ccc4c2)n3C)C1. The quantitative estimate of drug-likeness (QED) is 0.560. The van der Waals surface area contributed by atoms with Gasteiger partial charge in [-0.15, -0.1) is 0 Å². The van der Waals surface area contributed by atoms with Crippen LogP contribution in [0.4, 0.5) is 5.82 Å². The van der Waals surface area contributed by atoms with Crippen LogP contribution in [0.1, 0.15) is 19.8 Å². The first-order valence-electron chi connectivity index (χ1n) is 9.93. The molecule has 4 heterocycles. The number of anilines is 1. The van der Waals surface area contributed by atoms with Gasteiger partial charge >= 0.3 is 0 Å². The predicted octanol–water partition coefficient (Wildman–Crippen LogP) is 2.93. The van der Waals surface area contributed by atoms with E-state index in [0.29, 0.717) is 13.0 Å². The molecule has 29 heavy (non-hydrogen) atoms. The molecule has 1 saturated heterocycles. The number of aromatic nitrogens is 5. The van der Waals surface area contributed by atoms with Crippen molar-refractivity contribution in [1.29, 1.82) is 0 Å². The molecule has 1 aromatic carbocycles. The number of carbonyl (C=O) groups is 1. The van der Waals surface area contributed by atoms with Gasteiger partial charge in [0.05, 0.1) is 0 Å². The van der Waals surface area contributed by atoms with Crippen molar-refractivity contribution >= 4 is 33.8 Å². The highest BCUT2D eigenvalue weighted by Gasteiger charge is 2.26. The van der Waals surface area contributed by atoms with Gasteiger partial charge < -0.3 is 19.8 Å². The summed E-state index contributed by atoms with van der Waals surface area (Å²) in [5.74, 6) is 1.76. The molecule has 0 bridgehead atoms. The Bertz CT molecular complexity index is 1210. The van der Waals surface area contributed by atoms with Crippen LogP contribution in [0.5, 0.6) is 0 Å². The molecule has 8 nitrogen and oxygen atoms in total. The zero-order valence-corrected chi connectivity index (χ0v) is 16.5. The van der Waals surface area contributed by atoms with Gasteiger partial charge in [0.2, 0.25) is 5.91 Å². The summed E-state index contributed by atoms with van der Waals surface area (Å²) in [4.78, 5) is 30.8. The van der Waals surface area contributed by atoms with E-state index < -0.39 is 0 Å². The zero-order chi connectivity index (χ0) is 20.0. The van der Waals surface area contributed by atoms with Crippen LogP contribution in [0.2, 0.25) is 0 Å². The number of aromatic amines is 1. The lowest BCUT2D eigenvalue weighted by Gasteiger charge is -2.16. The maximum Gasteiger partial charge on any atom is 0.222 e. The molecule has 0 aliphatic carbocycles. The third-order valence-electron chi connectivity index (χ3n) is 5.65. The van der Waals surface area contributed by atoms with Gasteiger partial charge in [0.25, 0.3) is 0 Å². The van der Waals surface area contributed by atoms with Crippen molar-refractivity contribution < 1.29 is 4.79 Å². The largest absolute Gasteiger partial charge is 0.364 e. The van der Waals surface area contributed by atoms with Crippen molar-refractivity contribution in [2.24, 2.45) is 7.05 Å². The number of rotatable bonds is 4. The fourth-order valence-corrected chi connectivity index (χ4v) is 4.08. The normalized spacial score (nSPS) is 16.8. The van der Waals surface area contributed by atoms with Crippen LogP contribution in [0, 0.1) is 0 Å². The summed E-state index contributed by atoms with van der Waals surface area (Å²) in [6.45, 7) is 3.38. The molecule has 0 spiro atoms. The lowest BCUT2D eigenvalue weighted by atomic mass is 10.1. The Morgan fingerprint density at radius 1 is 1.31 bits per heavy atom. The van der Waals surface area contributed by atoms with Crippen LogP contribution in [-0.2, 0) is 11.8 Å². The van der Waals surface area contributed by atoms with Gasteiger partial charge in [0.15, 0.2) is 17.0 Å². The molecule has 4 aromatic rings. The van der Waals surface area contributed by atoms with Crippen molar-refractivity contribution in [2.45, 2.75) is 25.8 Å². The van der Waals surface area contributed by atoms with Crippen molar-refractivity contribution in [3.05, 3.63) is 36.8 Å². The molecule has 1 aliphatic heterocycles. The first-order chi connectivity index (χ1) is 14.1. The minimum atomic E-state index is 0.172. The van der Waals surface area contributed by atoms with Gasteiger partial charge in [-0.3, -0.25) is 4.79 Å². The highest BCUT2D eigenvalue weighted by atomic mass is 16.2. The van der Waals surface area contributed by atoms with E-state index in [0.717, 1.165) is 52.2 Å². The number of nitrogens with one attached hydrogen (secondary N) is 2. The molecule has 1 atom stereocenters. The van der Waals surface area contributed by atoms with Gasteiger partial charge in [0, 0.05) is 55.3 Å². The molecule has 0 saturated carbocycles. The third-order valence-corrected chi connectivity index (χ3v) is 5.65. The van der Waals surface area contributed by atoms with E-state index in [4.69, 9.17) is 4.98 Å². The number of aryl methyl sites for hydroxylation is 1. The summed E-state index contributed by atoms with van der Waals surface area (Å²) >= 11 is 0. The average Bonchev–Trinajstić information content (AvgIpc) is 3.46. The molecule has 1 unspecified atom stereocenters. The second kappa shape index (κ2) is 6.88. The average molecular weight is 389 g/mol. The number of benzene rings is 1. The van der Waals surface area contributed by atoms with Crippen LogP contribution in [0.3, 0.4) is 0 Å². The zero-order valence-electron chi connectivity index (χ0n) is 16.5. The Morgan fingerprint density at radius 3 is 3.07 bits per heavy atom. The first kappa shape index (κ1) is 17.7. The van der Waals surface area contributed by atoms with Crippen molar-refractivity contribution in [1.82, 2.24) is 29.4 Å². The van der Waals surface area contributed by atoms with Crippen LogP contribution >= 0.6 is 0 Å². The summed E-state index contributed by atoms with van der Waals surface area (Å²) in [5, 5.41) is 4.63. The maximum absolute atomic E-state index is 12.0. The fraction of sp³-hybridized carbons (Fsp3) is 0.333. The maximum atomic E-state index is 12.0. The number of nitrogens with zero attached hydrogens (tertiary/aromatic N) is 5. The number of imidazole rings is 1. The van der Waals surface area contributed by atoms with E-state index in [-0.39, 0.29) is 11.9 Å². The molecule has 1 amide bonds. The first-order valence-corrected chi connectivity index (χ1v) is 9.93. The fourth-order valence-electron chi connectivity index (χ4n) is 4.08. The Morgan fingerprint density at radius 2 is 2.21 bits per heavy atom. The van der Waals surface area contributed by atoms with Gasteiger partial charge in [-0.1, -0.05) is 6.92 Å². The summed E-state index contributed by atoms with van der Waals surface area (Å²) < 4.78 is 2.00. The minimum Gasteiger partial charge on any atom is -0.364 e. The van der Waals surface area contributed by atoms with E-state index >= 15 is 0 Å². The van der Waals surface area contributed by atoms with Crippen LogP contribution in [0.25, 0.3) is 33.5 Å². The number of hydrogen-bond acceptors (Lipinski definition) is 5. The smallest absolute Gasteiger partial charge is 0.222 e. The molecule has 2 N–H and O–H groups in total. The Hall–Kier alpha value is -3.42. The van der Waals surface area contributed by atoms with Gasteiger partial charge in [-0.05, 0) is 30.7 Å². The Kier molecular flexibility index (Phi) is 4.19. The van der Waals surface area contributed by atoms with Crippen LogP contribution < -0.4 is 5.32 Å². The standard InChI is InChI=1S/C21H23N7O/c1-3-17(29)28-9-7-15(11-28)25-19-18-21(24-12-23-19)27(2)20(26-18)14-4-5-16-13(10-14)6-8-22-16/h4-6,8,10,12,15,22H,3,7,9,11H2,1-2H3,(H,23,24,25). The van der Waals surface area contributed by atoms with E-state index in [1.165, 1.54) is 0 Å². The topological polar surface area (TPSA) is 91.7 Å². The molecule has 1 fully saturated rings. The number of H-pyrrole nitrogens is 1. The van der Waals surface area contributed by atoms with E-state index in [1.54, 1.807) is 6.33 Å². The monoisotopic (exact) mass is 389 g/mol. The molecule has 3 aromatic heterocycles. The Labute approximate surface area is 168 Å². The number of amides is 1. The van der Waals surface area contributed by atoms with E-state index in [1.807, 2.05) is 29.6 Å². The minimum absolute atomic E-state index is 0.172. The molecular formula is C21H23N7O. The summed E-state index contributed by atoms with van der Waals surface area (Å²) in [6.07, 6.45) is 4.95. The van der Waals surface area contributed by atoms with Crippen molar-refractivity contribution in [2.75, 3.05) is 18.4 Å². The number of hydrogen-bond donors (Lipinski definition) is 2. The number of carbonyl (C=O) groups excluding carboxylic acids is 1. The molecule has 0 radical (unpaired) electrons. The molecule has 5 rings (SSSR count). The van der Waals surface area contributed by atoms with E-state index in [9.17, 15) is 4.79 Å². The summed E-state index contributed by atoms with van der Waals surface area (Å²) in [5.41, 5.74) is 3.66.